The van der Waals surface area contributed by atoms with E-state index in [-0.39, 0.29) is 12.1 Å². The largest absolute Gasteiger partial charge is 0.302 e. The van der Waals surface area contributed by atoms with E-state index in [1.165, 1.54) is 16.8 Å². The average Bonchev–Trinajstić information content (AvgIpc) is 2.75. The van der Waals surface area contributed by atoms with Gasteiger partial charge in [-0.1, -0.05) is 85.8 Å². The summed E-state index contributed by atoms with van der Waals surface area (Å²) in [6.07, 6.45) is 0.897. The molecular formula is C24H25N3. The number of para-hydroxylation sites is 1. The third kappa shape index (κ3) is 4.09. The normalized spacial score (nSPS) is 23.9. The van der Waals surface area contributed by atoms with Crippen molar-refractivity contribution in [3.05, 3.63) is 102 Å². The van der Waals surface area contributed by atoms with Crippen LogP contribution in [0.25, 0.3) is 0 Å². The minimum Gasteiger partial charge on any atom is -0.302 e. The Kier molecular flexibility index (Phi) is 5.31. The molecule has 0 amide bonds. The lowest BCUT2D eigenvalue weighted by Gasteiger charge is -2.37. The molecule has 3 aromatic carbocycles. The van der Waals surface area contributed by atoms with Crippen LogP contribution in [0.5, 0.6) is 0 Å². The Morgan fingerprint density at radius 2 is 1.33 bits per heavy atom. The van der Waals surface area contributed by atoms with E-state index < -0.39 is 0 Å². The SMILES string of the molecule is CC1/C(=N/Nc2ccccc2)CC(c2ccccc2)NC1c1ccccc1. The Bertz CT molecular complexity index is 875. The van der Waals surface area contributed by atoms with Crippen molar-refractivity contribution >= 4 is 11.4 Å². The van der Waals surface area contributed by atoms with Crippen molar-refractivity contribution < 1.29 is 0 Å². The molecule has 1 aliphatic rings. The van der Waals surface area contributed by atoms with Gasteiger partial charge in [-0.25, -0.2) is 0 Å². The van der Waals surface area contributed by atoms with Gasteiger partial charge in [-0.2, -0.15) is 5.10 Å². The zero-order chi connectivity index (χ0) is 18.5. The number of hydrazone groups is 1. The molecule has 0 radical (unpaired) electrons. The summed E-state index contributed by atoms with van der Waals surface area (Å²) in [6, 6.07) is 32.0. The van der Waals surface area contributed by atoms with Crippen LogP contribution in [-0.2, 0) is 0 Å². The van der Waals surface area contributed by atoms with E-state index in [4.69, 9.17) is 5.10 Å². The van der Waals surface area contributed by atoms with Crippen molar-refractivity contribution in [2.24, 2.45) is 11.0 Å². The molecule has 0 saturated carbocycles. The predicted octanol–water partition coefficient (Wildman–Crippen LogP) is 5.57. The van der Waals surface area contributed by atoms with E-state index in [1.54, 1.807) is 0 Å². The fourth-order valence-electron chi connectivity index (χ4n) is 3.75. The fraction of sp³-hybridized carbons (Fsp3) is 0.208. The molecule has 3 atom stereocenters. The second-order valence-electron chi connectivity index (χ2n) is 7.09. The van der Waals surface area contributed by atoms with Crippen LogP contribution in [-0.4, -0.2) is 5.71 Å². The third-order valence-corrected chi connectivity index (χ3v) is 5.28. The maximum atomic E-state index is 4.81. The third-order valence-electron chi connectivity index (χ3n) is 5.28. The number of nitrogens with zero attached hydrogens (tertiary/aromatic N) is 1. The average molecular weight is 355 g/mol. The van der Waals surface area contributed by atoms with Crippen LogP contribution in [0.3, 0.4) is 0 Å². The van der Waals surface area contributed by atoms with Gasteiger partial charge in [-0.15, -0.1) is 0 Å². The topological polar surface area (TPSA) is 36.4 Å². The molecule has 1 saturated heterocycles. The fourth-order valence-corrected chi connectivity index (χ4v) is 3.75. The summed E-state index contributed by atoms with van der Waals surface area (Å²) in [7, 11) is 0. The number of hydrogen-bond donors (Lipinski definition) is 2. The summed E-state index contributed by atoms with van der Waals surface area (Å²) >= 11 is 0. The van der Waals surface area contributed by atoms with Crippen molar-refractivity contribution in [3.63, 3.8) is 0 Å². The zero-order valence-electron chi connectivity index (χ0n) is 15.5. The summed E-state index contributed by atoms with van der Waals surface area (Å²) < 4.78 is 0. The van der Waals surface area contributed by atoms with Gasteiger partial charge in [0, 0.05) is 30.1 Å². The quantitative estimate of drug-likeness (QED) is 0.601. The van der Waals surface area contributed by atoms with Gasteiger partial charge in [0.05, 0.1) is 5.69 Å². The van der Waals surface area contributed by atoms with Crippen LogP contribution in [0.4, 0.5) is 5.69 Å². The molecule has 4 rings (SSSR count). The van der Waals surface area contributed by atoms with Gasteiger partial charge in [0.15, 0.2) is 0 Å². The first-order valence-electron chi connectivity index (χ1n) is 9.55. The molecule has 1 aliphatic heterocycles. The molecule has 3 nitrogen and oxygen atoms in total. The molecule has 2 N–H and O–H groups in total. The first-order chi connectivity index (χ1) is 13.3. The molecule has 1 heterocycles. The van der Waals surface area contributed by atoms with E-state index in [0.29, 0.717) is 5.92 Å². The minimum absolute atomic E-state index is 0.237. The van der Waals surface area contributed by atoms with Gasteiger partial charge >= 0.3 is 0 Å². The van der Waals surface area contributed by atoms with Gasteiger partial charge < -0.3 is 5.32 Å². The Morgan fingerprint density at radius 3 is 1.96 bits per heavy atom. The highest BCUT2D eigenvalue weighted by Gasteiger charge is 2.33. The minimum atomic E-state index is 0.237. The first-order valence-corrected chi connectivity index (χ1v) is 9.55. The highest BCUT2D eigenvalue weighted by molar-refractivity contribution is 5.89. The van der Waals surface area contributed by atoms with Crippen LogP contribution in [0.2, 0.25) is 0 Å². The second kappa shape index (κ2) is 8.19. The van der Waals surface area contributed by atoms with Crippen molar-refractivity contribution in [1.82, 2.24) is 5.32 Å². The predicted molar refractivity (Wildman–Crippen MR) is 113 cm³/mol. The molecule has 27 heavy (non-hydrogen) atoms. The first kappa shape index (κ1) is 17.5. The molecule has 1 fully saturated rings. The summed E-state index contributed by atoms with van der Waals surface area (Å²) in [5.74, 6) is 0.309. The highest BCUT2D eigenvalue weighted by Crippen LogP contribution is 2.35. The molecular weight excluding hydrogens is 330 g/mol. The van der Waals surface area contributed by atoms with E-state index in [0.717, 1.165) is 12.1 Å². The van der Waals surface area contributed by atoms with Gasteiger partial charge in [0.2, 0.25) is 0 Å². The molecule has 0 bridgehead atoms. The molecule has 3 unspecified atom stereocenters. The van der Waals surface area contributed by atoms with Gasteiger partial charge in [-0.3, -0.25) is 5.43 Å². The smallest absolute Gasteiger partial charge is 0.0561 e. The molecule has 3 aromatic rings. The van der Waals surface area contributed by atoms with Gasteiger partial charge in [-0.05, 0) is 23.3 Å². The molecule has 0 aromatic heterocycles. The number of anilines is 1. The number of benzene rings is 3. The monoisotopic (exact) mass is 355 g/mol. The Morgan fingerprint density at radius 1 is 0.778 bits per heavy atom. The second-order valence-corrected chi connectivity index (χ2v) is 7.09. The van der Waals surface area contributed by atoms with E-state index in [2.05, 4.69) is 78.3 Å². The standard InChI is InChI=1S/C24H25N3/c1-18-22(27-26-21-15-9-4-10-16-21)17-23(19-11-5-2-6-12-19)25-24(18)20-13-7-3-8-14-20/h2-16,18,23-26H,17H2,1H3/b27-22+. The maximum absolute atomic E-state index is 4.81. The van der Waals surface area contributed by atoms with Gasteiger partial charge in [0.25, 0.3) is 0 Å². The van der Waals surface area contributed by atoms with Crippen molar-refractivity contribution in [1.29, 1.82) is 0 Å². The number of hydrogen-bond acceptors (Lipinski definition) is 3. The van der Waals surface area contributed by atoms with Crippen molar-refractivity contribution in [3.8, 4) is 0 Å². The number of nitrogens with one attached hydrogen (secondary N) is 2. The Labute approximate surface area is 161 Å². The summed E-state index contributed by atoms with van der Waals surface area (Å²) in [5.41, 5.74) is 8.07. The maximum Gasteiger partial charge on any atom is 0.0561 e. The van der Waals surface area contributed by atoms with E-state index in [1.807, 2.05) is 30.3 Å². The zero-order valence-corrected chi connectivity index (χ0v) is 15.5. The highest BCUT2D eigenvalue weighted by atomic mass is 15.3. The van der Waals surface area contributed by atoms with Crippen LogP contribution in [0.1, 0.15) is 36.6 Å². The van der Waals surface area contributed by atoms with E-state index >= 15 is 0 Å². The Hall–Kier alpha value is -2.91. The van der Waals surface area contributed by atoms with Gasteiger partial charge in [0.1, 0.15) is 0 Å². The number of piperidine rings is 1. The molecule has 0 aliphatic carbocycles. The van der Waals surface area contributed by atoms with Crippen LogP contribution < -0.4 is 10.7 Å². The van der Waals surface area contributed by atoms with Crippen LogP contribution in [0, 0.1) is 5.92 Å². The lowest BCUT2D eigenvalue weighted by Crippen LogP contribution is -2.41. The van der Waals surface area contributed by atoms with E-state index in [9.17, 15) is 0 Å². The summed E-state index contributed by atoms with van der Waals surface area (Å²) in [5, 5.41) is 8.67. The lowest BCUT2D eigenvalue weighted by atomic mass is 9.81. The van der Waals surface area contributed by atoms with Crippen LogP contribution >= 0.6 is 0 Å². The van der Waals surface area contributed by atoms with Crippen molar-refractivity contribution in [2.75, 3.05) is 5.43 Å². The molecule has 3 heteroatoms. The van der Waals surface area contributed by atoms with Crippen molar-refractivity contribution in [2.45, 2.75) is 25.4 Å². The molecule has 0 spiro atoms. The Balaban J connectivity index is 1.64. The lowest BCUT2D eigenvalue weighted by molar-refractivity contribution is 0.364. The number of rotatable bonds is 4. The molecule has 136 valence electrons. The summed E-state index contributed by atoms with van der Waals surface area (Å²) in [6.45, 7) is 2.26. The van der Waals surface area contributed by atoms with Crippen LogP contribution in [0.15, 0.2) is 96.1 Å². The summed E-state index contributed by atoms with van der Waals surface area (Å²) in [4.78, 5) is 0.